The molecule has 0 saturated heterocycles. The van der Waals surface area contributed by atoms with E-state index in [9.17, 15) is 4.79 Å². The Hall–Kier alpha value is -1.33. The standard InChI is InChI=1S/C8H10BNO3/c11-8(9(12)13)10-6-7-4-2-1-3-5-7/h1-5,12-13H,6H2,(H,10,11). The largest absolute Gasteiger partial charge is 0.551 e. The molecule has 0 aliphatic heterocycles. The highest BCUT2D eigenvalue weighted by Crippen LogP contribution is 1.96. The fourth-order valence-electron chi connectivity index (χ4n) is 0.876. The molecule has 0 bridgehead atoms. The summed E-state index contributed by atoms with van der Waals surface area (Å²) in [6.07, 6.45) is 0. The molecule has 4 nitrogen and oxygen atoms in total. The van der Waals surface area contributed by atoms with Gasteiger partial charge in [-0.15, -0.1) is 0 Å². The number of benzene rings is 1. The predicted molar refractivity (Wildman–Crippen MR) is 48.9 cm³/mol. The van der Waals surface area contributed by atoms with E-state index in [0.717, 1.165) is 5.56 Å². The van der Waals surface area contributed by atoms with Crippen molar-refractivity contribution in [3.8, 4) is 0 Å². The summed E-state index contributed by atoms with van der Waals surface area (Å²) in [4.78, 5) is 10.7. The Balaban J connectivity index is 2.40. The van der Waals surface area contributed by atoms with E-state index in [0.29, 0.717) is 6.54 Å². The van der Waals surface area contributed by atoms with Gasteiger partial charge in [0.05, 0.1) is 0 Å². The highest BCUT2D eigenvalue weighted by molar-refractivity contribution is 6.78. The molecule has 0 aromatic heterocycles. The van der Waals surface area contributed by atoms with Gasteiger partial charge >= 0.3 is 7.12 Å². The average Bonchev–Trinajstić information content (AvgIpc) is 2.15. The van der Waals surface area contributed by atoms with E-state index in [4.69, 9.17) is 10.0 Å². The van der Waals surface area contributed by atoms with Crippen molar-refractivity contribution in [2.45, 2.75) is 6.54 Å². The van der Waals surface area contributed by atoms with Crippen LogP contribution in [0.2, 0.25) is 0 Å². The van der Waals surface area contributed by atoms with Crippen LogP contribution in [0.15, 0.2) is 30.3 Å². The monoisotopic (exact) mass is 179 g/mol. The Bertz CT molecular complexity index is 276. The third-order valence-corrected chi connectivity index (χ3v) is 1.54. The van der Waals surface area contributed by atoms with Crippen molar-refractivity contribution in [2.24, 2.45) is 0 Å². The van der Waals surface area contributed by atoms with Crippen LogP contribution >= 0.6 is 0 Å². The summed E-state index contributed by atoms with van der Waals surface area (Å²) in [7, 11) is -1.94. The number of hydrogen-bond donors (Lipinski definition) is 3. The minimum Gasteiger partial charge on any atom is -0.420 e. The van der Waals surface area contributed by atoms with Crippen LogP contribution in [0, 0.1) is 0 Å². The van der Waals surface area contributed by atoms with Crippen LogP contribution < -0.4 is 5.32 Å². The molecule has 3 N–H and O–H groups in total. The van der Waals surface area contributed by atoms with Crippen LogP contribution in [0.4, 0.5) is 4.79 Å². The average molecular weight is 179 g/mol. The van der Waals surface area contributed by atoms with Gasteiger partial charge in [0.1, 0.15) is 0 Å². The molecular formula is C8H10BNO3. The molecule has 0 heterocycles. The van der Waals surface area contributed by atoms with Gasteiger partial charge in [0.2, 0.25) is 5.81 Å². The molecule has 1 rings (SSSR count). The Morgan fingerprint density at radius 1 is 1.31 bits per heavy atom. The maximum atomic E-state index is 10.7. The number of nitrogens with one attached hydrogen (secondary N) is 1. The SMILES string of the molecule is O=C(NCc1ccccc1)B(O)O. The van der Waals surface area contributed by atoms with E-state index in [1.54, 1.807) is 0 Å². The van der Waals surface area contributed by atoms with Gasteiger partial charge in [-0.25, -0.2) is 0 Å². The number of carbonyl (C=O) groups is 1. The lowest BCUT2D eigenvalue weighted by molar-refractivity contribution is 0.248. The van der Waals surface area contributed by atoms with Gasteiger partial charge in [-0.3, -0.25) is 4.79 Å². The Kier molecular flexibility index (Phi) is 3.48. The molecular weight excluding hydrogens is 169 g/mol. The van der Waals surface area contributed by atoms with E-state index in [2.05, 4.69) is 5.32 Å². The zero-order valence-corrected chi connectivity index (χ0v) is 6.97. The molecule has 0 fully saturated rings. The van der Waals surface area contributed by atoms with E-state index >= 15 is 0 Å². The van der Waals surface area contributed by atoms with Crippen LogP contribution in [0.25, 0.3) is 0 Å². The maximum Gasteiger partial charge on any atom is 0.551 e. The molecule has 13 heavy (non-hydrogen) atoms. The van der Waals surface area contributed by atoms with Crippen molar-refractivity contribution in [3.05, 3.63) is 35.9 Å². The summed E-state index contributed by atoms with van der Waals surface area (Å²) in [6, 6.07) is 9.23. The molecule has 0 atom stereocenters. The quantitative estimate of drug-likeness (QED) is 0.569. The lowest BCUT2D eigenvalue weighted by atomic mass is 9.91. The van der Waals surface area contributed by atoms with Gasteiger partial charge in [-0.1, -0.05) is 30.3 Å². The Labute approximate surface area is 76.4 Å². The minimum absolute atomic E-state index is 0.303. The van der Waals surface area contributed by atoms with Gasteiger partial charge < -0.3 is 15.4 Å². The van der Waals surface area contributed by atoms with Crippen molar-refractivity contribution >= 4 is 12.9 Å². The van der Waals surface area contributed by atoms with Gasteiger partial charge in [0.15, 0.2) is 0 Å². The fourth-order valence-corrected chi connectivity index (χ4v) is 0.876. The fraction of sp³-hybridized carbons (Fsp3) is 0.125. The molecule has 1 amide bonds. The summed E-state index contributed by atoms with van der Waals surface area (Å²) in [6.45, 7) is 0.303. The van der Waals surface area contributed by atoms with Crippen molar-refractivity contribution in [1.82, 2.24) is 5.32 Å². The van der Waals surface area contributed by atoms with E-state index in [-0.39, 0.29) is 0 Å². The number of amides is 1. The maximum absolute atomic E-state index is 10.7. The third-order valence-electron chi connectivity index (χ3n) is 1.54. The van der Waals surface area contributed by atoms with Crippen LogP contribution in [-0.2, 0) is 6.54 Å². The summed E-state index contributed by atoms with van der Waals surface area (Å²) in [5.41, 5.74) is 0.913. The van der Waals surface area contributed by atoms with Gasteiger partial charge in [0, 0.05) is 6.54 Å². The second-order valence-electron chi connectivity index (χ2n) is 2.58. The molecule has 1 aromatic carbocycles. The summed E-state index contributed by atoms with van der Waals surface area (Å²) >= 11 is 0. The van der Waals surface area contributed by atoms with Gasteiger partial charge in [0.25, 0.3) is 0 Å². The zero-order chi connectivity index (χ0) is 9.68. The first kappa shape index (κ1) is 9.76. The van der Waals surface area contributed by atoms with Crippen molar-refractivity contribution in [2.75, 3.05) is 0 Å². The van der Waals surface area contributed by atoms with Gasteiger partial charge in [-0.05, 0) is 5.56 Å². The number of carbonyl (C=O) groups excluding carboxylic acids is 1. The van der Waals surface area contributed by atoms with E-state index in [1.165, 1.54) is 0 Å². The Morgan fingerprint density at radius 3 is 2.46 bits per heavy atom. The summed E-state index contributed by atoms with van der Waals surface area (Å²) < 4.78 is 0. The zero-order valence-electron chi connectivity index (χ0n) is 6.97. The minimum atomic E-state index is -1.94. The molecule has 0 radical (unpaired) electrons. The second-order valence-corrected chi connectivity index (χ2v) is 2.58. The number of rotatable bonds is 3. The van der Waals surface area contributed by atoms with Crippen molar-refractivity contribution in [1.29, 1.82) is 0 Å². The lowest BCUT2D eigenvalue weighted by Crippen LogP contribution is -2.36. The molecule has 0 aliphatic rings. The second kappa shape index (κ2) is 4.64. The smallest absolute Gasteiger partial charge is 0.420 e. The van der Waals surface area contributed by atoms with Gasteiger partial charge in [-0.2, -0.15) is 0 Å². The molecule has 0 saturated carbocycles. The van der Waals surface area contributed by atoms with Crippen LogP contribution in [-0.4, -0.2) is 23.0 Å². The topological polar surface area (TPSA) is 69.6 Å². The summed E-state index contributed by atoms with van der Waals surface area (Å²) in [5.74, 6) is -0.788. The van der Waals surface area contributed by atoms with Crippen LogP contribution in [0.3, 0.4) is 0 Å². The number of hydrogen-bond acceptors (Lipinski definition) is 3. The first-order valence-electron chi connectivity index (χ1n) is 3.88. The molecule has 1 aromatic rings. The predicted octanol–water partition coefficient (Wildman–Crippen LogP) is -0.0493. The highest BCUT2D eigenvalue weighted by Gasteiger charge is 2.18. The van der Waals surface area contributed by atoms with Crippen LogP contribution in [0.5, 0.6) is 0 Å². The van der Waals surface area contributed by atoms with Crippen LogP contribution in [0.1, 0.15) is 5.56 Å². The van der Waals surface area contributed by atoms with E-state index in [1.807, 2.05) is 30.3 Å². The van der Waals surface area contributed by atoms with Crippen molar-refractivity contribution < 1.29 is 14.8 Å². The van der Waals surface area contributed by atoms with E-state index < -0.39 is 12.9 Å². The first-order chi connectivity index (χ1) is 6.20. The van der Waals surface area contributed by atoms with Crippen molar-refractivity contribution in [3.63, 3.8) is 0 Å². The summed E-state index contributed by atoms with van der Waals surface area (Å²) in [5, 5.41) is 19.2. The first-order valence-corrected chi connectivity index (χ1v) is 3.88. The molecule has 0 aliphatic carbocycles. The Morgan fingerprint density at radius 2 is 1.92 bits per heavy atom. The highest BCUT2D eigenvalue weighted by atomic mass is 16.4. The molecule has 0 spiro atoms. The molecule has 68 valence electrons. The third kappa shape index (κ3) is 3.27. The normalized spacial score (nSPS) is 9.38. The lowest BCUT2D eigenvalue weighted by Gasteiger charge is -2.03. The molecule has 5 heteroatoms. The molecule has 0 unspecified atom stereocenters.